The zero-order valence-electron chi connectivity index (χ0n) is 14.5. The fourth-order valence-electron chi connectivity index (χ4n) is 3.82. The second-order valence-corrected chi connectivity index (χ2v) is 7.89. The summed E-state index contributed by atoms with van der Waals surface area (Å²) in [6, 6.07) is 10.5. The summed E-state index contributed by atoms with van der Waals surface area (Å²) < 4.78 is 5.35. The Labute approximate surface area is 152 Å². The Morgan fingerprint density at radius 3 is 2.96 bits per heavy atom. The number of fused-ring (bicyclic) bond motifs is 1. The standard InChI is InChI=1S/C20H24N2O2S/c1-24-17-5-3-2-4-15(17)12-21-19(23)13-22-10-8-18-16(9-11-25-18)20(22)14-6-7-14/h2-5,9,11,14,20H,6-8,10,12-13H2,1H3,(H,21,23)/t20-/m0/s1. The van der Waals surface area contributed by atoms with Crippen LogP contribution in [-0.4, -0.2) is 31.0 Å². The van der Waals surface area contributed by atoms with Gasteiger partial charge in [0.1, 0.15) is 5.75 Å². The highest BCUT2D eigenvalue weighted by atomic mass is 32.1. The average molecular weight is 356 g/mol. The molecule has 1 amide bonds. The quantitative estimate of drug-likeness (QED) is 0.863. The summed E-state index contributed by atoms with van der Waals surface area (Å²) in [6.07, 6.45) is 3.65. The number of ether oxygens (including phenoxy) is 1. The van der Waals surface area contributed by atoms with Gasteiger partial charge in [-0.15, -0.1) is 11.3 Å². The molecule has 1 fully saturated rings. The third kappa shape index (κ3) is 3.58. The molecule has 132 valence electrons. The number of benzene rings is 1. The molecule has 0 unspecified atom stereocenters. The number of nitrogens with zero attached hydrogens (tertiary/aromatic N) is 1. The SMILES string of the molecule is COc1ccccc1CNC(=O)CN1CCc2sccc2[C@@H]1C1CC1. The van der Waals surface area contributed by atoms with Crippen LogP contribution in [0.3, 0.4) is 0 Å². The van der Waals surface area contributed by atoms with Gasteiger partial charge in [0.05, 0.1) is 13.7 Å². The zero-order valence-corrected chi connectivity index (χ0v) is 15.3. The predicted octanol–water partition coefficient (Wildman–Crippen LogP) is 3.38. The lowest BCUT2D eigenvalue weighted by Gasteiger charge is -2.35. The number of hydrogen-bond acceptors (Lipinski definition) is 4. The van der Waals surface area contributed by atoms with Gasteiger partial charge in [-0.1, -0.05) is 18.2 Å². The minimum atomic E-state index is 0.0928. The molecule has 1 aliphatic carbocycles. The number of carbonyl (C=O) groups excluding carboxylic acids is 1. The Balaban J connectivity index is 1.39. The van der Waals surface area contributed by atoms with Gasteiger partial charge < -0.3 is 10.1 Å². The summed E-state index contributed by atoms with van der Waals surface area (Å²) in [4.78, 5) is 16.4. The normalized spacial score (nSPS) is 20.1. The molecule has 1 atom stereocenters. The number of para-hydroxylation sites is 1. The third-order valence-corrected chi connectivity index (χ3v) is 6.20. The number of amides is 1. The molecule has 1 aromatic heterocycles. The van der Waals surface area contributed by atoms with Crippen molar-refractivity contribution in [1.82, 2.24) is 10.2 Å². The number of methoxy groups -OCH3 is 1. The van der Waals surface area contributed by atoms with E-state index in [4.69, 9.17) is 4.74 Å². The molecule has 4 rings (SSSR count). The molecule has 0 bridgehead atoms. The topological polar surface area (TPSA) is 41.6 Å². The Morgan fingerprint density at radius 2 is 2.16 bits per heavy atom. The first kappa shape index (κ1) is 16.6. The van der Waals surface area contributed by atoms with Crippen LogP contribution in [0.25, 0.3) is 0 Å². The maximum atomic E-state index is 12.5. The minimum absolute atomic E-state index is 0.0928. The lowest BCUT2D eigenvalue weighted by Crippen LogP contribution is -2.42. The van der Waals surface area contributed by atoms with Crippen LogP contribution in [0.2, 0.25) is 0 Å². The molecule has 0 saturated heterocycles. The molecule has 25 heavy (non-hydrogen) atoms. The van der Waals surface area contributed by atoms with Crippen molar-refractivity contribution in [3.8, 4) is 5.75 Å². The fraction of sp³-hybridized carbons (Fsp3) is 0.450. The Kier molecular flexibility index (Phi) is 4.77. The number of hydrogen-bond donors (Lipinski definition) is 1. The average Bonchev–Trinajstić information content (AvgIpc) is 3.36. The van der Waals surface area contributed by atoms with Crippen LogP contribution in [0.15, 0.2) is 35.7 Å². The summed E-state index contributed by atoms with van der Waals surface area (Å²) in [5.41, 5.74) is 2.48. The number of nitrogens with one attached hydrogen (secondary N) is 1. The highest BCUT2D eigenvalue weighted by Crippen LogP contribution is 2.48. The molecule has 2 aliphatic rings. The molecule has 5 heteroatoms. The van der Waals surface area contributed by atoms with Crippen LogP contribution in [-0.2, 0) is 17.8 Å². The van der Waals surface area contributed by atoms with Crippen molar-refractivity contribution in [2.75, 3.05) is 20.2 Å². The van der Waals surface area contributed by atoms with Crippen molar-refractivity contribution >= 4 is 17.2 Å². The smallest absolute Gasteiger partial charge is 0.234 e. The van der Waals surface area contributed by atoms with Crippen LogP contribution < -0.4 is 10.1 Å². The first-order chi connectivity index (χ1) is 12.3. The van der Waals surface area contributed by atoms with E-state index in [0.29, 0.717) is 19.1 Å². The monoisotopic (exact) mass is 356 g/mol. The largest absolute Gasteiger partial charge is 0.496 e. The molecule has 2 heterocycles. The van der Waals surface area contributed by atoms with Crippen molar-refractivity contribution in [2.45, 2.75) is 31.8 Å². The third-order valence-electron chi connectivity index (χ3n) is 5.20. The predicted molar refractivity (Wildman–Crippen MR) is 99.9 cm³/mol. The zero-order chi connectivity index (χ0) is 17.2. The molecular weight excluding hydrogens is 332 g/mol. The number of carbonyl (C=O) groups is 1. The maximum Gasteiger partial charge on any atom is 0.234 e. The van der Waals surface area contributed by atoms with Gasteiger partial charge in [-0.05, 0) is 48.3 Å². The van der Waals surface area contributed by atoms with E-state index in [1.165, 1.54) is 23.3 Å². The molecule has 1 aliphatic heterocycles. The van der Waals surface area contributed by atoms with E-state index < -0.39 is 0 Å². The summed E-state index contributed by atoms with van der Waals surface area (Å²) >= 11 is 1.87. The molecule has 0 radical (unpaired) electrons. The second kappa shape index (κ2) is 7.18. The summed E-state index contributed by atoms with van der Waals surface area (Å²) in [5.74, 6) is 1.64. The lowest BCUT2D eigenvalue weighted by atomic mass is 9.96. The van der Waals surface area contributed by atoms with Gasteiger partial charge in [0.15, 0.2) is 0 Å². The number of thiophene rings is 1. The Hall–Kier alpha value is -1.85. The molecular formula is C20H24N2O2S. The van der Waals surface area contributed by atoms with E-state index >= 15 is 0 Å². The molecule has 0 spiro atoms. The van der Waals surface area contributed by atoms with Crippen molar-refractivity contribution in [2.24, 2.45) is 5.92 Å². The lowest BCUT2D eigenvalue weighted by molar-refractivity contribution is -0.123. The van der Waals surface area contributed by atoms with Gasteiger partial charge >= 0.3 is 0 Å². The minimum Gasteiger partial charge on any atom is -0.496 e. The van der Waals surface area contributed by atoms with Gasteiger partial charge in [0, 0.05) is 29.6 Å². The van der Waals surface area contributed by atoms with Gasteiger partial charge in [0.2, 0.25) is 5.91 Å². The van der Waals surface area contributed by atoms with Crippen LogP contribution in [0.5, 0.6) is 5.75 Å². The van der Waals surface area contributed by atoms with E-state index in [-0.39, 0.29) is 5.91 Å². The van der Waals surface area contributed by atoms with Gasteiger partial charge in [-0.25, -0.2) is 0 Å². The Morgan fingerprint density at radius 1 is 1.32 bits per heavy atom. The van der Waals surface area contributed by atoms with Crippen LogP contribution >= 0.6 is 11.3 Å². The van der Waals surface area contributed by atoms with E-state index in [1.807, 2.05) is 35.6 Å². The van der Waals surface area contributed by atoms with Crippen molar-refractivity contribution < 1.29 is 9.53 Å². The molecule has 4 nitrogen and oxygen atoms in total. The summed E-state index contributed by atoms with van der Waals surface area (Å²) in [5, 5.41) is 5.26. The van der Waals surface area contributed by atoms with Crippen LogP contribution in [0.4, 0.5) is 0 Å². The molecule has 2 aromatic rings. The number of rotatable bonds is 6. The summed E-state index contributed by atoms with van der Waals surface area (Å²) in [6.45, 7) is 1.97. The fourth-order valence-corrected chi connectivity index (χ4v) is 4.74. The van der Waals surface area contributed by atoms with Gasteiger partial charge in [-0.3, -0.25) is 9.69 Å². The molecule has 1 saturated carbocycles. The first-order valence-electron chi connectivity index (χ1n) is 8.95. The van der Waals surface area contributed by atoms with Gasteiger partial charge in [-0.2, -0.15) is 0 Å². The van der Waals surface area contributed by atoms with Crippen molar-refractivity contribution in [3.63, 3.8) is 0 Å². The van der Waals surface area contributed by atoms with Crippen LogP contribution in [0.1, 0.15) is 34.9 Å². The second-order valence-electron chi connectivity index (χ2n) is 6.89. The van der Waals surface area contributed by atoms with Crippen molar-refractivity contribution in [3.05, 3.63) is 51.7 Å². The van der Waals surface area contributed by atoms with Crippen LogP contribution in [0, 0.1) is 5.92 Å². The summed E-state index contributed by atoms with van der Waals surface area (Å²) in [7, 11) is 1.66. The molecule has 1 N–H and O–H groups in total. The van der Waals surface area contributed by atoms with E-state index in [2.05, 4.69) is 21.7 Å². The highest BCUT2D eigenvalue weighted by Gasteiger charge is 2.40. The van der Waals surface area contributed by atoms with Gasteiger partial charge in [0.25, 0.3) is 0 Å². The molecule has 1 aromatic carbocycles. The first-order valence-corrected chi connectivity index (χ1v) is 9.83. The van der Waals surface area contributed by atoms with Crippen molar-refractivity contribution in [1.29, 1.82) is 0 Å². The van der Waals surface area contributed by atoms with E-state index in [0.717, 1.165) is 30.2 Å². The van der Waals surface area contributed by atoms with E-state index in [1.54, 1.807) is 7.11 Å². The maximum absolute atomic E-state index is 12.5. The highest BCUT2D eigenvalue weighted by molar-refractivity contribution is 7.10. The van der Waals surface area contributed by atoms with E-state index in [9.17, 15) is 4.79 Å². The Bertz CT molecular complexity index is 754.